The molecule has 1 heterocycles. The van der Waals surface area contributed by atoms with Gasteiger partial charge >= 0.3 is 5.97 Å². The van der Waals surface area contributed by atoms with E-state index >= 15 is 0 Å². The number of carbonyl (C=O) groups is 1. The van der Waals surface area contributed by atoms with Crippen molar-refractivity contribution >= 4 is 16.7 Å². The minimum absolute atomic E-state index is 0.177. The fraction of sp³-hybridized carbons (Fsp3) is 0.227. The van der Waals surface area contributed by atoms with Gasteiger partial charge in [0.2, 0.25) is 0 Å². The summed E-state index contributed by atoms with van der Waals surface area (Å²) < 4.78 is 17.2. The first-order valence-electron chi connectivity index (χ1n) is 8.64. The van der Waals surface area contributed by atoms with Crippen molar-refractivity contribution in [1.82, 2.24) is 0 Å². The van der Waals surface area contributed by atoms with Crippen LogP contribution in [0.2, 0.25) is 0 Å². The molecule has 4 rings (SSSR count). The largest absolute Gasteiger partial charge is 0.483 e. The summed E-state index contributed by atoms with van der Waals surface area (Å²) in [5.74, 6) is 1.38. The van der Waals surface area contributed by atoms with Gasteiger partial charge in [-0.2, -0.15) is 0 Å². The van der Waals surface area contributed by atoms with Crippen LogP contribution in [0.4, 0.5) is 0 Å². The highest BCUT2D eigenvalue weighted by Gasteiger charge is 2.32. The molecule has 3 aromatic carbocycles. The van der Waals surface area contributed by atoms with Gasteiger partial charge in [-0.15, -0.1) is 0 Å². The van der Waals surface area contributed by atoms with Crippen molar-refractivity contribution in [2.45, 2.75) is 25.9 Å². The number of esters is 1. The first-order valence-corrected chi connectivity index (χ1v) is 8.64. The van der Waals surface area contributed by atoms with Gasteiger partial charge in [-0.25, -0.2) is 4.79 Å². The lowest BCUT2D eigenvalue weighted by atomic mass is 10.0. The molecule has 0 bridgehead atoms. The van der Waals surface area contributed by atoms with E-state index in [0.29, 0.717) is 11.5 Å². The fourth-order valence-corrected chi connectivity index (χ4v) is 3.27. The Bertz CT molecular complexity index is 970. The molecular formula is C22H20O4. The van der Waals surface area contributed by atoms with E-state index in [0.717, 1.165) is 28.5 Å². The Hall–Kier alpha value is -3.01. The standard InChI is InChI=1S/C22H20O4/c1-22(2)13-16-9-6-12-19(21(16)26-22)24-14-20(23)25-18-11-5-8-15-7-3-4-10-17(15)18/h3-12H,13-14H2,1-2H3. The second kappa shape index (κ2) is 6.37. The van der Waals surface area contributed by atoms with Crippen LogP contribution in [0.15, 0.2) is 60.7 Å². The Labute approximate surface area is 152 Å². The molecule has 0 saturated heterocycles. The normalized spacial score (nSPS) is 14.5. The summed E-state index contributed by atoms with van der Waals surface area (Å²) in [6.45, 7) is 3.89. The molecule has 26 heavy (non-hydrogen) atoms. The monoisotopic (exact) mass is 348 g/mol. The van der Waals surface area contributed by atoms with Crippen LogP contribution in [0.25, 0.3) is 10.8 Å². The van der Waals surface area contributed by atoms with E-state index in [9.17, 15) is 4.79 Å². The van der Waals surface area contributed by atoms with Gasteiger partial charge in [-0.1, -0.05) is 48.5 Å². The van der Waals surface area contributed by atoms with Gasteiger partial charge in [0.15, 0.2) is 18.1 Å². The van der Waals surface area contributed by atoms with Crippen LogP contribution in [0.3, 0.4) is 0 Å². The van der Waals surface area contributed by atoms with Gasteiger partial charge in [0.05, 0.1) is 0 Å². The Morgan fingerprint density at radius 1 is 1.00 bits per heavy atom. The Kier molecular flexibility index (Phi) is 4.03. The van der Waals surface area contributed by atoms with Crippen LogP contribution < -0.4 is 14.2 Å². The first-order chi connectivity index (χ1) is 12.5. The summed E-state index contributed by atoms with van der Waals surface area (Å²) >= 11 is 0. The number of benzene rings is 3. The summed E-state index contributed by atoms with van der Waals surface area (Å²) in [7, 11) is 0. The van der Waals surface area contributed by atoms with Gasteiger partial charge in [0.1, 0.15) is 11.4 Å². The summed E-state index contributed by atoms with van der Waals surface area (Å²) in [4.78, 5) is 12.3. The maximum absolute atomic E-state index is 12.3. The fourth-order valence-electron chi connectivity index (χ4n) is 3.27. The van der Waals surface area contributed by atoms with E-state index in [2.05, 4.69) is 0 Å². The molecule has 3 aromatic rings. The van der Waals surface area contributed by atoms with Crippen molar-refractivity contribution in [3.63, 3.8) is 0 Å². The average molecular weight is 348 g/mol. The van der Waals surface area contributed by atoms with Crippen molar-refractivity contribution < 1.29 is 19.0 Å². The maximum Gasteiger partial charge on any atom is 0.349 e. The third-order valence-electron chi connectivity index (χ3n) is 4.37. The molecule has 132 valence electrons. The van der Waals surface area contributed by atoms with Crippen LogP contribution in [-0.4, -0.2) is 18.2 Å². The number of fused-ring (bicyclic) bond motifs is 2. The molecule has 1 aliphatic rings. The number of para-hydroxylation sites is 1. The highest BCUT2D eigenvalue weighted by atomic mass is 16.6. The quantitative estimate of drug-likeness (QED) is 0.513. The van der Waals surface area contributed by atoms with Crippen molar-refractivity contribution in [3.05, 3.63) is 66.2 Å². The predicted octanol–water partition coefficient (Wildman–Crippen LogP) is 4.54. The number of hydrogen-bond acceptors (Lipinski definition) is 4. The molecule has 0 aliphatic carbocycles. The van der Waals surface area contributed by atoms with Crippen LogP contribution >= 0.6 is 0 Å². The minimum Gasteiger partial charge on any atom is -0.483 e. The van der Waals surface area contributed by atoms with Crippen LogP contribution in [0.5, 0.6) is 17.2 Å². The van der Waals surface area contributed by atoms with Crippen LogP contribution in [-0.2, 0) is 11.2 Å². The van der Waals surface area contributed by atoms with Crippen molar-refractivity contribution in [3.8, 4) is 17.2 Å². The predicted molar refractivity (Wildman–Crippen MR) is 99.9 cm³/mol. The second-order valence-corrected chi connectivity index (χ2v) is 7.02. The third-order valence-corrected chi connectivity index (χ3v) is 4.37. The minimum atomic E-state index is -0.448. The molecule has 0 aromatic heterocycles. The average Bonchev–Trinajstić information content (AvgIpc) is 2.94. The third kappa shape index (κ3) is 3.23. The molecule has 0 radical (unpaired) electrons. The molecule has 0 unspecified atom stereocenters. The van der Waals surface area contributed by atoms with Gasteiger partial charge in [0.25, 0.3) is 0 Å². The molecule has 0 N–H and O–H groups in total. The first kappa shape index (κ1) is 16.5. The van der Waals surface area contributed by atoms with Gasteiger partial charge < -0.3 is 14.2 Å². The lowest BCUT2D eigenvalue weighted by Gasteiger charge is -2.18. The lowest BCUT2D eigenvalue weighted by molar-refractivity contribution is -0.136. The number of rotatable bonds is 4. The molecule has 0 amide bonds. The molecule has 0 fully saturated rings. The second-order valence-electron chi connectivity index (χ2n) is 7.02. The Morgan fingerprint density at radius 2 is 1.73 bits per heavy atom. The zero-order chi connectivity index (χ0) is 18.1. The van der Waals surface area contributed by atoms with E-state index in [1.165, 1.54) is 0 Å². The van der Waals surface area contributed by atoms with Crippen LogP contribution in [0.1, 0.15) is 19.4 Å². The Morgan fingerprint density at radius 3 is 2.62 bits per heavy atom. The number of hydrogen-bond donors (Lipinski definition) is 0. The molecule has 4 nitrogen and oxygen atoms in total. The zero-order valence-electron chi connectivity index (χ0n) is 14.8. The molecule has 1 aliphatic heterocycles. The van der Waals surface area contributed by atoms with Gasteiger partial charge in [0, 0.05) is 17.4 Å². The smallest absolute Gasteiger partial charge is 0.349 e. The molecule has 0 atom stereocenters. The lowest BCUT2D eigenvalue weighted by Crippen LogP contribution is -2.25. The van der Waals surface area contributed by atoms with E-state index in [1.807, 2.05) is 68.4 Å². The number of ether oxygens (including phenoxy) is 3. The zero-order valence-corrected chi connectivity index (χ0v) is 14.8. The van der Waals surface area contributed by atoms with E-state index in [1.54, 1.807) is 6.07 Å². The van der Waals surface area contributed by atoms with Crippen molar-refractivity contribution in [2.75, 3.05) is 6.61 Å². The molecule has 0 spiro atoms. The summed E-state index contributed by atoms with van der Waals surface area (Å²) in [5.41, 5.74) is 0.834. The summed E-state index contributed by atoms with van der Waals surface area (Å²) in [5, 5.41) is 1.92. The van der Waals surface area contributed by atoms with Gasteiger partial charge in [-0.05, 0) is 31.4 Å². The highest BCUT2D eigenvalue weighted by Crippen LogP contribution is 2.41. The highest BCUT2D eigenvalue weighted by molar-refractivity contribution is 5.90. The molecule has 4 heteroatoms. The number of carbonyl (C=O) groups excluding carboxylic acids is 1. The SMILES string of the molecule is CC1(C)Cc2cccc(OCC(=O)Oc3cccc4ccccc34)c2O1. The Balaban J connectivity index is 1.46. The van der Waals surface area contributed by atoms with E-state index in [4.69, 9.17) is 14.2 Å². The van der Waals surface area contributed by atoms with Crippen molar-refractivity contribution in [1.29, 1.82) is 0 Å². The van der Waals surface area contributed by atoms with Gasteiger partial charge in [-0.3, -0.25) is 0 Å². The molecule has 0 saturated carbocycles. The van der Waals surface area contributed by atoms with E-state index < -0.39 is 5.97 Å². The summed E-state index contributed by atoms with van der Waals surface area (Å²) in [6.07, 6.45) is 0.819. The molecular weight excluding hydrogens is 328 g/mol. The summed E-state index contributed by atoms with van der Waals surface area (Å²) in [6, 6.07) is 19.2. The van der Waals surface area contributed by atoms with Crippen LogP contribution in [0, 0.1) is 0 Å². The topological polar surface area (TPSA) is 44.8 Å². The maximum atomic E-state index is 12.3. The van der Waals surface area contributed by atoms with E-state index in [-0.39, 0.29) is 12.2 Å². The van der Waals surface area contributed by atoms with Crippen molar-refractivity contribution in [2.24, 2.45) is 0 Å².